The van der Waals surface area contributed by atoms with Crippen LogP contribution in [0.15, 0.2) is 24.3 Å². The summed E-state index contributed by atoms with van der Waals surface area (Å²) in [5, 5.41) is 6.39. The lowest BCUT2D eigenvalue weighted by Crippen LogP contribution is -2.48. The molecule has 2 saturated heterocycles. The number of hydrogen-bond acceptors (Lipinski definition) is 3. The van der Waals surface area contributed by atoms with E-state index in [0.29, 0.717) is 24.9 Å². The molecule has 0 saturated carbocycles. The van der Waals surface area contributed by atoms with Gasteiger partial charge in [0, 0.05) is 31.1 Å². The van der Waals surface area contributed by atoms with Crippen LogP contribution in [0.3, 0.4) is 0 Å². The van der Waals surface area contributed by atoms with Crippen LogP contribution in [0, 0.1) is 5.82 Å². The molecule has 2 amide bonds. The topological polar surface area (TPSA) is 53.6 Å². The lowest BCUT2D eigenvalue weighted by atomic mass is 10.1. The number of halogens is 1. The van der Waals surface area contributed by atoms with Crippen LogP contribution in [0.5, 0.6) is 5.75 Å². The molecule has 0 radical (unpaired) electrons. The van der Waals surface area contributed by atoms with Gasteiger partial charge in [0.15, 0.2) is 0 Å². The van der Waals surface area contributed by atoms with Crippen LogP contribution in [0.1, 0.15) is 19.8 Å². The SMILES string of the molecule is C[C@@H]1NCC[C@H]1NC(=O)N1CCC(Oc2cccc(F)c2)C1. The summed E-state index contributed by atoms with van der Waals surface area (Å²) in [6.07, 6.45) is 1.65. The van der Waals surface area contributed by atoms with Gasteiger partial charge < -0.3 is 20.3 Å². The van der Waals surface area contributed by atoms with Crippen molar-refractivity contribution >= 4 is 6.03 Å². The highest BCUT2D eigenvalue weighted by atomic mass is 19.1. The first-order valence-electron chi connectivity index (χ1n) is 7.83. The molecule has 1 aromatic carbocycles. The molecule has 1 aromatic rings. The fourth-order valence-electron chi connectivity index (χ4n) is 3.05. The number of nitrogens with zero attached hydrogens (tertiary/aromatic N) is 1. The molecule has 3 rings (SSSR count). The van der Waals surface area contributed by atoms with Crippen LogP contribution in [0.25, 0.3) is 0 Å². The van der Waals surface area contributed by atoms with Crippen molar-refractivity contribution in [3.05, 3.63) is 30.1 Å². The van der Waals surface area contributed by atoms with E-state index in [2.05, 4.69) is 17.6 Å². The molecule has 3 atom stereocenters. The Kier molecular flexibility index (Phi) is 4.47. The van der Waals surface area contributed by atoms with Crippen molar-refractivity contribution in [2.24, 2.45) is 0 Å². The van der Waals surface area contributed by atoms with Crippen LogP contribution in [-0.4, -0.2) is 48.8 Å². The molecule has 6 heteroatoms. The number of urea groups is 1. The highest BCUT2D eigenvalue weighted by Crippen LogP contribution is 2.19. The summed E-state index contributed by atoms with van der Waals surface area (Å²) in [7, 11) is 0. The summed E-state index contributed by atoms with van der Waals surface area (Å²) in [5.74, 6) is 0.202. The zero-order valence-electron chi connectivity index (χ0n) is 12.7. The molecule has 0 aromatic heterocycles. The van der Waals surface area contributed by atoms with Gasteiger partial charge in [-0.3, -0.25) is 0 Å². The molecule has 5 nitrogen and oxygen atoms in total. The number of hydrogen-bond donors (Lipinski definition) is 2. The number of benzene rings is 1. The third kappa shape index (κ3) is 3.50. The largest absolute Gasteiger partial charge is 0.488 e. The molecule has 0 spiro atoms. The second kappa shape index (κ2) is 6.52. The molecule has 120 valence electrons. The van der Waals surface area contributed by atoms with Crippen LogP contribution < -0.4 is 15.4 Å². The lowest BCUT2D eigenvalue weighted by Gasteiger charge is -2.22. The molecule has 1 unspecified atom stereocenters. The summed E-state index contributed by atoms with van der Waals surface area (Å²) in [4.78, 5) is 14.0. The maximum Gasteiger partial charge on any atom is 0.317 e. The minimum atomic E-state index is -0.312. The van der Waals surface area contributed by atoms with Crippen molar-refractivity contribution < 1.29 is 13.9 Å². The van der Waals surface area contributed by atoms with E-state index in [1.165, 1.54) is 12.1 Å². The molecule has 2 aliphatic heterocycles. The zero-order chi connectivity index (χ0) is 15.5. The first-order valence-corrected chi connectivity index (χ1v) is 7.83. The number of likely N-dealkylation sites (tertiary alicyclic amines) is 1. The highest BCUT2D eigenvalue weighted by Gasteiger charge is 2.31. The van der Waals surface area contributed by atoms with E-state index in [-0.39, 0.29) is 24.0 Å². The van der Waals surface area contributed by atoms with Gasteiger partial charge >= 0.3 is 6.03 Å². The van der Waals surface area contributed by atoms with E-state index in [1.54, 1.807) is 17.0 Å². The molecule has 0 bridgehead atoms. The summed E-state index contributed by atoms with van der Waals surface area (Å²) < 4.78 is 18.9. The van der Waals surface area contributed by atoms with Gasteiger partial charge in [-0.05, 0) is 32.0 Å². The summed E-state index contributed by atoms with van der Waals surface area (Å²) >= 11 is 0. The van der Waals surface area contributed by atoms with Crippen molar-refractivity contribution in [1.82, 2.24) is 15.5 Å². The Hall–Kier alpha value is -1.82. The van der Waals surface area contributed by atoms with Gasteiger partial charge in [0.2, 0.25) is 0 Å². The second-order valence-electron chi connectivity index (χ2n) is 6.02. The average Bonchev–Trinajstić information content (AvgIpc) is 3.09. The lowest BCUT2D eigenvalue weighted by molar-refractivity contribution is 0.183. The fraction of sp³-hybridized carbons (Fsp3) is 0.562. The van der Waals surface area contributed by atoms with E-state index in [0.717, 1.165) is 19.4 Å². The van der Waals surface area contributed by atoms with Crippen LogP contribution in [0.4, 0.5) is 9.18 Å². The summed E-state index contributed by atoms with van der Waals surface area (Å²) in [6.45, 7) is 4.23. The minimum Gasteiger partial charge on any atom is -0.488 e. The Morgan fingerprint density at radius 1 is 1.45 bits per heavy atom. The standard InChI is InChI=1S/C16H22FN3O2/c1-11-15(5-7-18-11)19-16(21)20-8-6-14(10-20)22-13-4-2-3-12(17)9-13/h2-4,9,11,14-15,18H,5-8,10H2,1H3,(H,19,21)/t11-,14?,15+/m0/s1. The number of nitrogens with one attached hydrogen (secondary N) is 2. The second-order valence-corrected chi connectivity index (χ2v) is 6.02. The molecular weight excluding hydrogens is 285 g/mol. The summed E-state index contributed by atoms with van der Waals surface area (Å²) in [6, 6.07) is 6.58. The number of carbonyl (C=O) groups is 1. The quantitative estimate of drug-likeness (QED) is 0.894. The first-order chi connectivity index (χ1) is 10.6. The summed E-state index contributed by atoms with van der Waals surface area (Å²) in [5.41, 5.74) is 0. The van der Waals surface area contributed by atoms with Crippen molar-refractivity contribution in [3.8, 4) is 5.75 Å². The van der Waals surface area contributed by atoms with Gasteiger partial charge in [0.1, 0.15) is 17.7 Å². The molecule has 22 heavy (non-hydrogen) atoms. The predicted molar refractivity (Wildman–Crippen MR) is 81.4 cm³/mol. The van der Waals surface area contributed by atoms with E-state index in [1.807, 2.05) is 0 Å². The van der Waals surface area contributed by atoms with Gasteiger partial charge in [-0.2, -0.15) is 0 Å². The Balaban J connectivity index is 1.50. The van der Waals surface area contributed by atoms with E-state index >= 15 is 0 Å². The molecule has 2 N–H and O–H groups in total. The van der Waals surface area contributed by atoms with Crippen molar-refractivity contribution in [1.29, 1.82) is 0 Å². The Labute approximate surface area is 129 Å². The number of ether oxygens (including phenoxy) is 1. The van der Waals surface area contributed by atoms with E-state index in [4.69, 9.17) is 4.74 Å². The normalized spacial score (nSPS) is 27.9. The Bertz CT molecular complexity index is 540. The predicted octanol–water partition coefficient (Wildman–Crippen LogP) is 1.74. The number of carbonyl (C=O) groups excluding carboxylic acids is 1. The Morgan fingerprint density at radius 2 is 2.32 bits per heavy atom. The van der Waals surface area contributed by atoms with Gasteiger partial charge in [-0.25, -0.2) is 9.18 Å². The van der Waals surface area contributed by atoms with Gasteiger partial charge in [0.25, 0.3) is 0 Å². The highest BCUT2D eigenvalue weighted by molar-refractivity contribution is 5.75. The third-order valence-corrected chi connectivity index (χ3v) is 4.37. The van der Waals surface area contributed by atoms with Gasteiger partial charge in [-0.15, -0.1) is 0 Å². The van der Waals surface area contributed by atoms with E-state index < -0.39 is 0 Å². The molecular formula is C16H22FN3O2. The van der Waals surface area contributed by atoms with E-state index in [9.17, 15) is 9.18 Å². The van der Waals surface area contributed by atoms with Crippen LogP contribution in [-0.2, 0) is 0 Å². The monoisotopic (exact) mass is 307 g/mol. The van der Waals surface area contributed by atoms with Crippen molar-refractivity contribution in [2.45, 2.75) is 38.0 Å². The first kappa shape index (κ1) is 15.1. The third-order valence-electron chi connectivity index (χ3n) is 4.37. The molecule has 2 fully saturated rings. The molecule has 2 heterocycles. The van der Waals surface area contributed by atoms with Crippen molar-refractivity contribution in [3.63, 3.8) is 0 Å². The number of amides is 2. The van der Waals surface area contributed by atoms with Crippen LogP contribution >= 0.6 is 0 Å². The molecule has 2 aliphatic rings. The maximum atomic E-state index is 13.1. The number of rotatable bonds is 3. The van der Waals surface area contributed by atoms with Gasteiger partial charge in [-0.1, -0.05) is 6.07 Å². The minimum absolute atomic E-state index is 0.0362. The molecule has 0 aliphatic carbocycles. The average molecular weight is 307 g/mol. The van der Waals surface area contributed by atoms with Gasteiger partial charge in [0.05, 0.1) is 6.54 Å². The maximum absolute atomic E-state index is 13.1. The van der Waals surface area contributed by atoms with Crippen molar-refractivity contribution in [2.75, 3.05) is 19.6 Å². The fourth-order valence-corrected chi connectivity index (χ4v) is 3.05. The smallest absolute Gasteiger partial charge is 0.317 e. The Morgan fingerprint density at radius 3 is 3.05 bits per heavy atom. The van der Waals surface area contributed by atoms with Crippen LogP contribution in [0.2, 0.25) is 0 Å². The zero-order valence-corrected chi connectivity index (χ0v) is 12.7.